The minimum atomic E-state index is -0.480. The molecule has 1 aromatic carbocycles. The van der Waals surface area contributed by atoms with E-state index in [1.54, 1.807) is 24.3 Å². The molecule has 2 heterocycles. The van der Waals surface area contributed by atoms with Gasteiger partial charge in [0.15, 0.2) is 5.58 Å². The number of nitrogens with zero attached hydrogens (tertiary/aromatic N) is 1. The van der Waals surface area contributed by atoms with Crippen LogP contribution in [0.3, 0.4) is 0 Å². The summed E-state index contributed by atoms with van der Waals surface area (Å²) in [5, 5.41) is 3.78. The van der Waals surface area contributed by atoms with Gasteiger partial charge in [0.2, 0.25) is 5.88 Å². The van der Waals surface area contributed by atoms with Crippen LogP contribution in [0.4, 0.5) is 5.88 Å². The normalized spacial score (nSPS) is 11.0. The van der Waals surface area contributed by atoms with E-state index < -0.39 is 5.76 Å². The van der Waals surface area contributed by atoms with Gasteiger partial charge < -0.3 is 14.7 Å². The molecule has 0 spiro atoms. The van der Waals surface area contributed by atoms with Gasteiger partial charge in [0.25, 0.3) is 0 Å². The summed E-state index contributed by atoms with van der Waals surface area (Å²) >= 11 is 0. The first-order valence-electron chi connectivity index (χ1n) is 4.58. The fourth-order valence-corrected chi connectivity index (χ4v) is 1.54. The zero-order valence-electron chi connectivity index (χ0n) is 8.06. The van der Waals surface area contributed by atoms with Crippen LogP contribution in [0.1, 0.15) is 0 Å². The van der Waals surface area contributed by atoms with Crippen molar-refractivity contribution < 1.29 is 8.94 Å². The van der Waals surface area contributed by atoms with Gasteiger partial charge in [-0.25, -0.2) is 4.79 Å². The minimum absolute atomic E-state index is 0.246. The summed E-state index contributed by atoms with van der Waals surface area (Å²) in [6, 6.07) is 6.82. The van der Waals surface area contributed by atoms with E-state index in [0.29, 0.717) is 16.8 Å². The van der Waals surface area contributed by atoms with Crippen LogP contribution in [0, 0.1) is 0 Å². The summed E-state index contributed by atoms with van der Waals surface area (Å²) in [5.41, 5.74) is 7.96. The van der Waals surface area contributed by atoms with Crippen molar-refractivity contribution in [3.63, 3.8) is 0 Å². The number of rotatable bonds is 1. The smallest absolute Gasteiger partial charge is 0.408 e. The van der Waals surface area contributed by atoms with Gasteiger partial charge in [-0.1, -0.05) is 5.16 Å². The van der Waals surface area contributed by atoms with Gasteiger partial charge in [-0.2, -0.15) is 0 Å². The number of oxazole rings is 1. The number of nitrogens with one attached hydrogen (secondary N) is 1. The quantitative estimate of drug-likeness (QED) is 0.641. The van der Waals surface area contributed by atoms with E-state index in [4.69, 9.17) is 14.7 Å². The zero-order valence-corrected chi connectivity index (χ0v) is 8.06. The highest BCUT2D eigenvalue weighted by atomic mass is 16.5. The van der Waals surface area contributed by atoms with Crippen LogP contribution in [0.5, 0.6) is 0 Å². The Hall–Kier alpha value is -2.50. The molecule has 3 aromatic rings. The number of aromatic amines is 1. The molecular weight excluding hydrogens is 210 g/mol. The van der Waals surface area contributed by atoms with Crippen LogP contribution in [0.25, 0.3) is 22.4 Å². The van der Waals surface area contributed by atoms with Crippen molar-refractivity contribution >= 4 is 17.0 Å². The molecule has 6 heteroatoms. The molecule has 16 heavy (non-hydrogen) atoms. The fraction of sp³-hybridized carbons (Fsp3) is 0. The van der Waals surface area contributed by atoms with E-state index in [9.17, 15) is 4.79 Å². The Kier molecular flexibility index (Phi) is 1.64. The average molecular weight is 217 g/mol. The van der Waals surface area contributed by atoms with Crippen LogP contribution >= 0.6 is 0 Å². The highest BCUT2D eigenvalue weighted by molar-refractivity contribution is 5.79. The lowest BCUT2D eigenvalue weighted by atomic mass is 10.1. The molecule has 3 N–H and O–H groups in total. The second kappa shape index (κ2) is 2.99. The molecule has 0 fully saturated rings. The van der Waals surface area contributed by atoms with Gasteiger partial charge in [-0.15, -0.1) is 0 Å². The third-order valence-corrected chi connectivity index (χ3v) is 2.24. The van der Waals surface area contributed by atoms with Crippen molar-refractivity contribution in [1.29, 1.82) is 0 Å². The van der Waals surface area contributed by atoms with Crippen LogP contribution < -0.4 is 11.5 Å². The molecule has 0 saturated carbocycles. The van der Waals surface area contributed by atoms with Gasteiger partial charge >= 0.3 is 5.76 Å². The number of nitrogens with two attached hydrogens (primary N) is 1. The summed E-state index contributed by atoms with van der Waals surface area (Å²) in [5.74, 6) is -0.234. The van der Waals surface area contributed by atoms with E-state index in [1.807, 2.05) is 0 Å². The van der Waals surface area contributed by atoms with Crippen molar-refractivity contribution in [2.75, 3.05) is 5.73 Å². The highest BCUT2D eigenvalue weighted by Crippen LogP contribution is 2.23. The van der Waals surface area contributed by atoms with Crippen molar-refractivity contribution in [3.05, 3.63) is 34.8 Å². The second-order valence-electron chi connectivity index (χ2n) is 3.34. The summed E-state index contributed by atoms with van der Waals surface area (Å²) in [6.07, 6.45) is 0. The van der Waals surface area contributed by atoms with E-state index >= 15 is 0 Å². The molecule has 0 radical (unpaired) electrons. The number of benzene rings is 1. The van der Waals surface area contributed by atoms with Gasteiger partial charge in [0, 0.05) is 11.6 Å². The molecule has 0 aliphatic heterocycles. The molecule has 0 aliphatic carbocycles. The number of hydrogen-bond acceptors (Lipinski definition) is 5. The lowest BCUT2D eigenvalue weighted by molar-refractivity contribution is 0.439. The first-order chi connectivity index (χ1) is 7.72. The minimum Gasteiger partial charge on any atom is -0.408 e. The summed E-state index contributed by atoms with van der Waals surface area (Å²) in [4.78, 5) is 13.5. The average Bonchev–Trinajstić information content (AvgIpc) is 2.81. The predicted octanol–water partition coefficient (Wildman–Crippen LogP) is 1.36. The molecule has 2 aromatic heterocycles. The Bertz CT molecular complexity index is 707. The maximum atomic E-state index is 11.0. The number of hydrogen-bond donors (Lipinski definition) is 2. The first kappa shape index (κ1) is 8.78. The van der Waals surface area contributed by atoms with Crippen LogP contribution in [0.2, 0.25) is 0 Å². The maximum absolute atomic E-state index is 11.0. The molecule has 6 nitrogen and oxygen atoms in total. The monoisotopic (exact) mass is 217 g/mol. The number of nitrogen functional groups attached to an aromatic ring is 1. The molecule has 0 aliphatic rings. The lowest BCUT2D eigenvalue weighted by Crippen LogP contribution is -1.92. The first-order valence-corrected chi connectivity index (χ1v) is 4.58. The lowest BCUT2D eigenvalue weighted by Gasteiger charge is -1.93. The molecular formula is C10H7N3O3. The van der Waals surface area contributed by atoms with Crippen molar-refractivity contribution in [1.82, 2.24) is 10.1 Å². The largest absolute Gasteiger partial charge is 0.417 e. The predicted molar refractivity (Wildman–Crippen MR) is 56.7 cm³/mol. The molecule has 0 bridgehead atoms. The number of aromatic nitrogens is 2. The number of fused-ring (bicyclic) bond motifs is 1. The Balaban J connectivity index is 2.21. The standard InChI is InChI=1S/C10H7N3O3/c11-9-4-6(13-16-9)5-1-2-8-7(3-5)12-10(14)15-8/h1-4H,11H2,(H,12,14). The third kappa shape index (κ3) is 1.28. The van der Waals surface area contributed by atoms with Crippen molar-refractivity contribution in [2.24, 2.45) is 0 Å². The highest BCUT2D eigenvalue weighted by Gasteiger charge is 2.07. The summed E-state index contributed by atoms with van der Waals surface area (Å²) < 4.78 is 9.65. The van der Waals surface area contributed by atoms with Gasteiger partial charge in [0.05, 0.1) is 5.52 Å². The SMILES string of the molecule is Nc1cc(-c2ccc3oc(=O)[nH]c3c2)no1. The second-order valence-corrected chi connectivity index (χ2v) is 3.34. The summed E-state index contributed by atoms with van der Waals surface area (Å²) in [6.45, 7) is 0. The van der Waals surface area contributed by atoms with Gasteiger partial charge in [0.1, 0.15) is 5.69 Å². The van der Waals surface area contributed by atoms with Crippen LogP contribution in [-0.4, -0.2) is 10.1 Å². The topological polar surface area (TPSA) is 98.0 Å². The van der Waals surface area contributed by atoms with Gasteiger partial charge in [-0.05, 0) is 18.2 Å². The molecule has 0 unspecified atom stereocenters. The van der Waals surface area contributed by atoms with Crippen LogP contribution in [-0.2, 0) is 0 Å². The molecule has 3 rings (SSSR count). The molecule has 0 atom stereocenters. The zero-order chi connectivity index (χ0) is 11.1. The molecule has 80 valence electrons. The maximum Gasteiger partial charge on any atom is 0.417 e. The van der Waals surface area contributed by atoms with E-state index in [0.717, 1.165) is 5.56 Å². The Morgan fingerprint density at radius 1 is 1.31 bits per heavy atom. The number of H-pyrrole nitrogens is 1. The fourth-order valence-electron chi connectivity index (χ4n) is 1.54. The van der Waals surface area contributed by atoms with Crippen molar-refractivity contribution in [3.8, 4) is 11.3 Å². The van der Waals surface area contributed by atoms with E-state index in [1.165, 1.54) is 0 Å². The third-order valence-electron chi connectivity index (χ3n) is 2.24. The number of anilines is 1. The van der Waals surface area contributed by atoms with E-state index in [-0.39, 0.29) is 5.88 Å². The summed E-state index contributed by atoms with van der Waals surface area (Å²) in [7, 11) is 0. The molecule has 0 saturated heterocycles. The Morgan fingerprint density at radius 2 is 2.19 bits per heavy atom. The Morgan fingerprint density at radius 3 is 2.94 bits per heavy atom. The Labute approximate surface area is 88.7 Å². The van der Waals surface area contributed by atoms with E-state index in [2.05, 4.69) is 10.1 Å². The molecule has 0 amide bonds. The van der Waals surface area contributed by atoms with Crippen molar-refractivity contribution in [2.45, 2.75) is 0 Å². The van der Waals surface area contributed by atoms with Gasteiger partial charge in [-0.3, -0.25) is 4.98 Å². The van der Waals surface area contributed by atoms with Crippen LogP contribution in [0.15, 0.2) is 38.0 Å².